The van der Waals surface area contributed by atoms with Gasteiger partial charge in [0.25, 0.3) is 0 Å². The molecule has 0 radical (unpaired) electrons. The second-order valence-electron chi connectivity index (χ2n) is 19.3. The Bertz CT molecular complexity index is 4770. The predicted molar refractivity (Wildman–Crippen MR) is 342 cm³/mol. The summed E-state index contributed by atoms with van der Waals surface area (Å²) in [5, 5.41) is 7.25. The second kappa shape index (κ2) is 21.4. The van der Waals surface area contributed by atoms with Crippen molar-refractivity contribution >= 4 is 106 Å². The van der Waals surface area contributed by atoms with Gasteiger partial charge in [0.15, 0.2) is 34.9 Å². The number of thiophene rings is 2. The molecule has 80 heavy (non-hydrogen) atoms. The van der Waals surface area contributed by atoms with Crippen LogP contribution in [0.5, 0.6) is 0 Å². The maximum absolute atomic E-state index is 5.06. The standard InChI is InChI=1S/C37H22BrN3S.C33H20BrN3S/c38-28-18-20-33-32(22-28)30-19-17-27(21-34(30)42-33)36-39-35(26-15-13-24(14-16-26)23-7-2-1-3-8-23)40-37(41-36)31-12-6-10-25-9-4-5-11-29(25)31;34-26-17-14-22(15-18-26)21-10-12-24(13-11-21)32-35-31(23-6-2-1-3-7-23)36-33(37-32)25-16-19-30-28(20-25)27-8-4-5-9-29(27)38-30/h1-22H;1-20H. The molecule has 4 heterocycles. The van der Waals surface area contributed by atoms with E-state index in [4.69, 9.17) is 29.9 Å². The minimum Gasteiger partial charge on any atom is -0.208 e. The molecule has 0 unspecified atom stereocenters. The lowest BCUT2D eigenvalue weighted by Gasteiger charge is -2.11. The number of benzene rings is 11. The Morgan fingerprint density at radius 3 is 1.26 bits per heavy atom. The van der Waals surface area contributed by atoms with E-state index in [1.165, 1.54) is 45.9 Å². The number of rotatable bonds is 8. The van der Waals surface area contributed by atoms with E-state index in [9.17, 15) is 0 Å². The number of hydrogen-bond acceptors (Lipinski definition) is 8. The first-order chi connectivity index (χ1) is 39.4. The fourth-order valence-corrected chi connectivity index (χ4v) is 13.0. The molecule has 15 aromatic rings. The van der Waals surface area contributed by atoms with Gasteiger partial charge < -0.3 is 0 Å². The maximum atomic E-state index is 5.06. The Labute approximate surface area is 486 Å². The van der Waals surface area contributed by atoms with Crippen LogP contribution >= 0.6 is 54.5 Å². The first-order valence-electron chi connectivity index (χ1n) is 26.0. The zero-order valence-electron chi connectivity index (χ0n) is 42.5. The Hall–Kier alpha value is -8.90. The monoisotopic (exact) mass is 1190 g/mol. The molecule has 10 heteroatoms. The van der Waals surface area contributed by atoms with Crippen molar-refractivity contribution < 1.29 is 0 Å². The van der Waals surface area contributed by atoms with Crippen LogP contribution in [0.4, 0.5) is 0 Å². The minimum absolute atomic E-state index is 0.655. The number of aromatic nitrogens is 6. The zero-order chi connectivity index (χ0) is 53.5. The van der Waals surface area contributed by atoms with Crippen molar-refractivity contribution in [3.05, 3.63) is 264 Å². The molecule has 11 aromatic carbocycles. The van der Waals surface area contributed by atoms with Gasteiger partial charge in [-0.15, -0.1) is 22.7 Å². The lowest BCUT2D eigenvalue weighted by atomic mass is 10.0. The molecule has 0 spiro atoms. The molecule has 0 N–H and O–H groups in total. The van der Waals surface area contributed by atoms with Gasteiger partial charge in [0.05, 0.1) is 0 Å². The van der Waals surface area contributed by atoms with Gasteiger partial charge in [-0.05, 0) is 93.7 Å². The molecule has 0 amide bonds. The van der Waals surface area contributed by atoms with E-state index in [-0.39, 0.29) is 0 Å². The average Bonchev–Trinajstić information content (AvgIpc) is 4.11. The van der Waals surface area contributed by atoms with Crippen molar-refractivity contribution in [3.63, 3.8) is 0 Å². The topological polar surface area (TPSA) is 77.3 Å². The molecule has 0 aliphatic heterocycles. The molecule has 0 atom stereocenters. The lowest BCUT2D eigenvalue weighted by Crippen LogP contribution is -2.00. The van der Waals surface area contributed by atoms with Crippen molar-refractivity contribution in [1.29, 1.82) is 0 Å². The molecule has 0 fully saturated rings. The van der Waals surface area contributed by atoms with Crippen LogP contribution in [0.2, 0.25) is 0 Å². The summed E-state index contributed by atoms with van der Waals surface area (Å²) in [7, 11) is 0. The van der Waals surface area contributed by atoms with Gasteiger partial charge in [0, 0.05) is 82.7 Å². The van der Waals surface area contributed by atoms with Gasteiger partial charge in [-0.25, -0.2) is 29.9 Å². The van der Waals surface area contributed by atoms with Crippen LogP contribution in [-0.2, 0) is 0 Å². The average molecular weight is 1190 g/mol. The van der Waals surface area contributed by atoms with Gasteiger partial charge >= 0.3 is 0 Å². The van der Waals surface area contributed by atoms with Gasteiger partial charge in [-0.1, -0.05) is 226 Å². The summed E-state index contributed by atoms with van der Waals surface area (Å²) in [4.78, 5) is 29.9. The van der Waals surface area contributed by atoms with Crippen LogP contribution in [0, 0.1) is 0 Å². The molecular weight excluding hydrogens is 1150 g/mol. The maximum Gasteiger partial charge on any atom is 0.164 e. The second-order valence-corrected chi connectivity index (χ2v) is 23.3. The number of fused-ring (bicyclic) bond motifs is 7. The molecule has 0 aliphatic rings. The summed E-state index contributed by atoms with van der Waals surface area (Å²) < 4.78 is 7.16. The van der Waals surface area contributed by atoms with Crippen LogP contribution in [0.15, 0.2) is 264 Å². The first-order valence-corrected chi connectivity index (χ1v) is 29.2. The lowest BCUT2D eigenvalue weighted by molar-refractivity contribution is 1.07. The van der Waals surface area contributed by atoms with E-state index in [1.54, 1.807) is 11.3 Å². The third-order valence-electron chi connectivity index (χ3n) is 14.2. The molecule has 378 valence electrons. The van der Waals surface area contributed by atoms with Crippen molar-refractivity contribution in [2.75, 3.05) is 0 Å². The van der Waals surface area contributed by atoms with Crippen molar-refractivity contribution in [3.8, 4) is 90.6 Å². The third-order valence-corrected chi connectivity index (χ3v) is 17.5. The van der Waals surface area contributed by atoms with Gasteiger partial charge in [-0.2, -0.15) is 0 Å². The van der Waals surface area contributed by atoms with Gasteiger partial charge in [0.1, 0.15) is 0 Å². The van der Waals surface area contributed by atoms with E-state index in [2.05, 4.69) is 250 Å². The molecule has 4 aromatic heterocycles. The highest BCUT2D eigenvalue weighted by Gasteiger charge is 2.18. The largest absolute Gasteiger partial charge is 0.208 e. The minimum atomic E-state index is 0.655. The number of nitrogens with zero attached hydrogens (tertiary/aromatic N) is 6. The Kier molecular flexibility index (Phi) is 13.2. The molecule has 15 rings (SSSR count). The fraction of sp³-hybridized carbons (Fsp3) is 0. The predicted octanol–water partition coefficient (Wildman–Crippen LogP) is 20.5. The summed E-state index contributed by atoms with van der Waals surface area (Å²) in [6.07, 6.45) is 0. The summed E-state index contributed by atoms with van der Waals surface area (Å²) in [5.41, 5.74) is 10.5. The first kappa shape index (κ1) is 49.4. The van der Waals surface area contributed by atoms with E-state index in [0.717, 1.165) is 69.8 Å². The quantitative estimate of drug-likeness (QED) is 0.151. The highest BCUT2D eigenvalue weighted by molar-refractivity contribution is 9.10. The number of hydrogen-bond donors (Lipinski definition) is 0. The summed E-state index contributed by atoms with van der Waals surface area (Å²) in [6.45, 7) is 0. The van der Waals surface area contributed by atoms with Crippen LogP contribution in [0.25, 0.3) is 142 Å². The van der Waals surface area contributed by atoms with E-state index >= 15 is 0 Å². The van der Waals surface area contributed by atoms with Crippen LogP contribution in [0.1, 0.15) is 0 Å². The molecule has 0 saturated heterocycles. The molecule has 0 aliphatic carbocycles. The summed E-state index contributed by atoms with van der Waals surface area (Å²) in [6, 6.07) is 88.3. The fourth-order valence-electron chi connectivity index (χ4n) is 10.2. The normalized spacial score (nSPS) is 11.4. The van der Waals surface area contributed by atoms with Crippen LogP contribution < -0.4 is 0 Å². The van der Waals surface area contributed by atoms with E-state index in [1.807, 2.05) is 47.7 Å². The molecule has 0 saturated carbocycles. The highest BCUT2D eigenvalue weighted by atomic mass is 79.9. The van der Waals surface area contributed by atoms with Crippen LogP contribution in [0.3, 0.4) is 0 Å². The Morgan fingerprint density at radius 1 is 0.225 bits per heavy atom. The smallest absolute Gasteiger partial charge is 0.164 e. The highest BCUT2D eigenvalue weighted by Crippen LogP contribution is 2.40. The molecule has 6 nitrogen and oxygen atoms in total. The van der Waals surface area contributed by atoms with Gasteiger partial charge in [-0.3, -0.25) is 0 Å². The summed E-state index contributed by atoms with van der Waals surface area (Å²) >= 11 is 10.7. The molecule has 0 bridgehead atoms. The van der Waals surface area contributed by atoms with Crippen molar-refractivity contribution in [2.24, 2.45) is 0 Å². The van der Waals surface area contributed by atoms with Crippen molar-refractivity contribution in [2.45, 2.75) is 0 Å². The van der Waals surface area contributed by atoms with Gasteiger partial charge in [0.2, 0.25) is 0 Å². The SMILES string of the molecule is Brc1ccc(-c2ccc(-c3nc(-c4ccccc4)nc(-c4ccc5sc6ccccc6c5c4)n3)cc2)cc1.Brc1ccc2sc3cc(-c4nc(-c5ccc(-c6ccccc6)cc5)nc(-c5cccc6ccccc56)n4)ccc3c2c1. The zero-order valence-corrected chi connectivity index (χ0v) is 47.3. The Balaban J connectivity index is 0.000000145. The number of halogens is 2. The Morgan fingerprint density at radius 2 is 0.613 bits per heavy atom. The van der Waals surface area contributed by atoms with E-state index in [0.29, 0.717) is 34.9 Å². The van der Waals surface area contributed by atoms with E-state index < -0.39 is 0 Å². The van der Waals surface area contributed by atoms with Crippen molar-refractivity contribution in [1.82, 2.24) is 29.9 Å². The van der Waals surface area contributed by atoms with Crippen LogP contribution in [-0.4, -0.2) is 29.9 Å². The summed E-state index contributed by atoms with van der Waals surface area (Å²) in [5.74, 6) is 3.98. The third kappa shape index (κ3) is 9.88. The molecular formula is C70H42Br2N6S2.